The Morgan fingerprint density at radius 3 is 2.44 bits per heavy atom. The lowest BCUT2D eigenvalue weighted by molar-refractivity contribution is 0.102. The summed E-state index contributed by atoms with van der Waals surface area (Å²) in [5.74, 6) is 1.52. The first-order valence-corrected chi connectivity index (χ1v) is 7.05. The van der Waals surface area contributed by atoms with Crippen LogP contribution in [-0.4, -0.2) is 13.2 Å². The molecule has 0 unspecified atom stereocenters. The van der Waals surface area contributed by atoms with Crippen LogP contribution in [0.5, 0.6) is 0 Å². The van der Waals surface area contributed by atoms with Crippen LogP contribution in [0, 0.1) is 12.8 Å². The summed E-state index contributed by atoms with van der Waals surface area (Å²) in [5, 5.41) is 0. The van der Waals surface area contributed by atoms with E-state index in [1.165, 1.54) is 36.8 Å². The van der Waals surface area contributed by atoms with E-state index in [1.54, 1.807) is 0 Å². The van der Waals surface area contributed by atoms with Crippen molar-refractivity contribution < 1.29 is 4.74 Å². The van der Waals surface area contributed by atoms with Crippen molar-refractivity contribution in [2.24, 2.45) is 5.92 Å². The highest BCUT2D eigenvalue weighted by Crippen LogP contribution is 2.35. The molecule has 0 amide bonds. The number of benzene rings is 1. The quantitative estimate of drug-likeness (QED) is 0.548. The number of hydrogen-bond donors (Lipinski definition) is 0. The largest absolute Gasteiger partial charge is 0.377 e. The second kappa shape index (κ2) is 6.75. The van der Waals surface area contributed by atoms with Gasteiger partial charge in [-0.3, -0.25) is 0 Å². The van der Waals surface area contributed by atoms with E-state index in [0.29, 0.717) is 6.61 Å². The average molecular weight is 244 g/mol. The van der Waals surface area contributed by atoms with Crippen molar-refractivity contribution in [1.82, 2.24) is 0 Å². The Balaban J connectivity index is 1.79. The smallest absolute Gasteiger partial charge is 0.0644 e. The number of aryl methyl sites for hydroxylation is 1. The molecule has 2 rings (SSSR count). The summed E-state index contributed by atoms with van der Waals surface area (Å²) in [7, 11) is 0. The zero-order valence-corrected chi connectivity index (χ0v) is 11.4. The van der Waals surface area contributed by atoms with Crippen LogP contribution < -0.4 is 0 Å². The average Bonchev–Trinajstić information content (AvgIpc) is 2.41. The fraction of sp³-hybridized carbons (Fsp3) is 0.529. The van der Waals surface area contributed by atoms with Gasteiger partial charge in [0, 0.05) is 6.61 Å². The van der Waals surface area contributed by atoms with Crippen molar-refractivity contribution in [3.63, 3.8) is 0 Å². The van der Waals surface area contributed by atoms with E-state index in [-0.39, 0.29) is 0 Å². The molecule has 0 atom stereocenters. The van der Waals surface area contributed by atoms with Gasteiger partial charge in [-0.05, 0) is 50.0 Å². The van der Waals surface area contributed by atoms with E-state index in [4.69, 9.17) is 4.74 Å². The Labute approximate surface area is 111 Å². The van der Waals surface area contributed by atoms with Gasteiger partial charge in [-0.1, -0.05) is 35.9 Å². The van der Waals surface area contributed by atoms with Gasteiger partial charge >= 0.3 is 0 Å². The molecule has 1 aromatic carbocycles. The van der Waals surface area contributed by atoms with E-state index in [1.807, 2.05) is 6.08 Å². The second-order valence-electron chi connectivity index (χ2n) is 5.45. The maximum atomic E-state index is 5.56. The second-order valence-corrected chi connectivity index (χ2v) is 5.45. The van der Waals surface area contributed by atoms with Crippen LogP contribution in [0.2, 0.25) is 0 Å². The van der Waals surface area contributed by atoms with Crippen LogP contribution in [-0.2, 0) is 4.74 Å². The molecule has 1 fully saturated rings. The Kier molecular flexibility index (Phi) is 5.00. The molecule has 0 N–H and O–H groups in total. The molecule has 0 aromatic heterocycles. The summed E-state index contributed by atoms with van der Waals surface area (Å²) in [6.45, 7) is 7.43. The molecule has 0 heterocycles. The number of ether oxygens (including phenoxy) is 1. The molecular weight excluding hydrogens is 220 g/mol. The summed E-state index contributed by atoms with van der Waals surface area (Å²) in [4.78, 5) is 0. The molecule has 18 heavy (non-hydrogen) atoms. The first-order valence-electron chi connectivity index (χ1n) is 7.05. The standard InChI is InChI=1S/C17H24O/c1-3-12-18-13-15-6-10-17(11-7-15)16-8-4-14(2)5-9-16/h3-5,8-9,15,17H,1,6-7,10-13H2,2H3/t15-,17-. The maximum Gasteiger partial charge on any atom is 0.0644 e. The van der Waals surface area contributed by atoms with Gasteiger partial charge < -0.3 is 4.74 Å². The minimum atomic E-state index is 0.692. The summed E-state index contributed by atoms with van der Waals surface area (Å²) in [5.41, 5.74) is 2.87. The molecule has 1 heteroatoms. The van der Waals surface area contributed by atoms with E-state index in [2.05, 4.69) is 37.8 Å². The Bertz CT molecular complexity index is 358. The Morgan fingerprint density at radius 2 is 1.83 bits per heavy atom. The van der Waals surface area contributed by atoms with Crippen LogP contribution in [0.25, 0.3) is 0 Å². The molecular formula is C17H24O. The van der Waals surface area contributed by atoms with E-state index < -0.39 is 0 Å². The van der Waals surface area contributed by atoms with Crippen molar-refractivity contribution in [1.29, 1.82) is 0 Å². The predicted octanol–water partition coefficient (Wildman–Crippen LogP) is 4.47. The molecule has 0 bridgehead atoms. The first kappa shape index (κ1) is 13.4. The third kappa shape index (κ3) is 3.71. The van der Waals surface area contributed by atoms with Crippen molar-refractivity contribution in [2.45, 2.75) is 38.5 Å². The summed E-state index contributed by atoms with van der Waals surface area (Å²) < 4.78 is 5.56. The topological polar surface area (TPSA) is 9.23 Å². The van der Waals surface area contributed by atoms with Gasteiger partial charge in [-0.25, -0.2) is 0 Å². The fourth-order valence-electron chi connectivity index (χ4n) is 2.82. The van der Waals surface area contributed by atoms with Crippen LogP contribution in [0.3, 0.4) is 0 Å². The highest BCUT2D eigenvalue weighted by atomic mass is 16.5. The molecule has 1 aliphatic rings. The molecule has 1 nitrogen and oxygen atoms in total. The monoisotopic (exact) mass is 244 g/mol. The minimum absolute atomic E-state index is 0.692. The lowest BCUT2D eigenvalue weighted by Crippen LogP contribution is -2.18. The van der Waals surface area contributed by atoms with Crippen LogP contribution in [0.15, 0.2) is 36.9 Å². The highest BCUT2D eigenvalue weighted by Gasteiger charge is 2.22. The highest BCUT2D eigenvalue weighted by molar-refractivity contribution is 5.24. The van der Waals surface area contributed by atoms with E-state index in [9.17, 15) is 0 Å². The molecule has 0 radical (unpaired) electrons. The van der Waals surface area contributed by atoms with Crippen LogP contribution in [0.4, 0.5) is 0 Å². The van der Waals surface area contributed by atoms with Gasteiger partial charge in [0.1, 0.15) is 0 Å². The molecule has 1 saturated carbocycles. The van der Waals surface area contributed by atoms with E-state index >= 15 is 0 Å². The zero-order valence-electron chi connectivity index (χ0n) is 11.4. The van der Waals surface area contributed by atoms with Crippen molar-refractivity contribution in [3.05, 3.63) is 48.0 Å². The first-order chi connectivity index (χ1) is 8.79. The SMILES string of the molecule is C=CCOC[C@H]1CC[C@H](c2ccc(C)cc2)CC1. The lowest BCUT2D eigenvalue weighted by Gasteiger charge is -2.28. The third-order valence-corrected chi connectivity index (χ3v) is 3.98. The van der Waals surface area contributed by atoms with Gasteiger partial charge in [-0.15, -0.1) is 6.58 Å². The summed E-state index contributed by atoms with van der Waals surface area (Å²) in [6.07, 6.45) is 7.06. The molecule has 1 aliphatic carbocycles. The molecule has 0 aliphatic heterocycles. The summed E-state index contributed by atoms with van der Waals surface area (Å²) in [6, 6.07) is 9.06. The maximum absolute atomic E-state index is 5.56. The molecule has 1 aromatic rings. The lowest BCUT2D eigenvalue weighted by atomic mass is 9.79. The molecule has 0 saturated heterocycles. The number of rotatable bonds is 5. The normalized spacial score (nSPS) is 23.8. The van der Waals surface area contributed by atoms with Crippen molar-refractivity contribution in [2.75, 3.05) is 13.2 Å². The minimum Gasteiger partial charge on any atom is -0.377 e. The van der Waals surface area contributed by atoms with Gasteiger partial charge in [-0.2, -0.15) is 0 Å². The fourth-order valence-corrected chi connectivity index (χ4v) is 2.82. The van der Waals surface area contributed by atoms with Gasteiger partial charge in [0.25, 0.3) is 0 Å². The Morgan fingerprint density at radius 1 is 1.17 bits per heavy atom. The molecule has 98 valence electrons. The Hall–Kier alpha value is -1.08. The van der Waals surface area contributed by atoms with Gasteiger partial charge in [0.2, 0.25) is 0 Å². The van der Waals surface area contributed by atoms with Crippen LogP contribution >= 0.6 is 0 Å². The summed E-state index contributed by atoms with van der Waals surface area (Å²) >= 11 is 0. The van der Waals surface area contributed by atoms with Crippen LogP contribution in [0.1, 0.15) is 42.7 Å². The van der Waals surface area contributed by atoms with E-state index in [0.717, 1.165) is 18.4 Å². The van der Waals surface area contributed by atoms with Gasteiger partial charge in [0.05, 0.1) is 6.61 Å². The number of hydrogen-bond acceptors (Lipinski definition) is 1. The third-order valence-electron chi connectivity index (χ3n) is 3.98. The van der Waals surface area contributed by atoms with Gasteiger partial charge in [0.15, 0.2) is 0 Å². The zero-order chi connectivity index (χ0) is 12.8. The molecule has 0 spiro atoms. The predicted molar refractivity (Wildman–Crippen MR) is 76.9 cm³/mol. The van der Waals surface area contributed by atoms with Crippen molar-refractivity contribution >= 4 is 0 Å². The van der Waals surface area contributed by atoms with Crippen molar-refractivity contribution in [3.8, 4) is 0 Å².